The second-order valence-electron chi connectivity index (χ2n) is 9.66. The van der Waals surface area contributed by atoms with Gasteiger partial charge in [0.25, 0.3) is 5.56 Å². The molecule has 2 heterocycles. The number of aromatic nitrogens is 1. The van der Waals surface area contributed by atoms with Crippen molar-refractivity contribution >= 4 is 43.1 Å². The Morgan fingerprint density at radius 3 is 2.27 bits per heavy atom. The summed E-state index contributed by atoms with van der Waals surface area (Å²) in [5, 5.41) is -0.217. The summed E-state index contributed by atoms with van der Waals surface area (Å²) in [5.41, 5.74) is -1.22. The van der Waals surface area contributed by atoms with Gasteiger partial charge in [0.15, 0.2) is 11.3 Å². The Balaban J connectivity index is 2.12. The van der Waals surface area contributed by atoms with Crippen molar-refractivity contribution in [3.8, 4) is 5.75 Å². The number of carbonyl (C=O) groups excluding carboxylic acids is 1. The van der Waals surface area contributed by atoms with Gasteiger partial charge in [-0.1, -0.05) is 17.7 Å². The Morgan fingerprint density at radius 1 is 1.11 bits per heavy atom. The molecule has 0 atom stereocenters. The predicted molar refractivity (Wildman–Crippen MR) is 142 cm³/mol. The van der Waals surface area contributed by atoms with Gasteiger partial charge < -0.3 is 22.8 Å². The lowest BCUT2D eigenvalue weighted by Crippen LogP contribution is -2.37. The largest absolute Gasteiger partial charge is 0.444 e. The molecule has 0 aliphatic carbocycles. The highest BCUT2D eigenvalue weighted by atomic mass is 79.9. The van der Waals surface area contributed by atoms with Crippen LogP contribution in [0.2, 0.25) is 0 Å². The van der Waals surface area contributed by atoms with Gasteiger partial charge in [0.05, 0.1) is 10.0 Å². The molecule has 200 valence electrons. The maximum atomic E-state index is 13.6. The summed E-state index contributed by atoms with van der Waals surface area (Å²) in [4.78, 5) is 39.7. The normalized spacial score (nSPS) is 12.0. The molecular formula is C25H29BrN2O8S. The number of likely N-dealkylation sites (N-methyl/N-ethyl adjacent to an activating group) is 1. The average Bonchev–Trinajstić information content (AvgIpc) is 2.79. The molecule has 0 fully saturated rings. The number of amides is 1. The van der Waals surface area contributed by atoms with Crippen molar-refractivity contribution in [2.45, 2.75) is 58.6 Å². The lowest BCUT2D eigenvalue weighted by atomic mass is 10.2. The van der Waals surface area contributed by atoms with Crippen LogP contribution in [0.5, 0.6) is 5.75 Å². The molecule has 10 nitrogen and oxygen atoms in total. The Morgan fingerprint density at radius 2 is 1.70 bits per heavy atom. The highest BCUT2D eigenvalue weighted by Crippen LogP contribution is 2.33. The van der Waals surface area contributed by atoms with Crippen molar-refractivity contribution in [2.75, 3.05) is 13.6 Å². The van der Waals surface area contributed by atoms with Crippen LogP contribution in [0.1, 0.15) is 37.6 Å². The number of aryl methyl sites for hydroxylation is 1. The molecule has 1 aromatic carbocycles. The van der Waals surface area contributed by atoms with Crippen LogP contribution in [-0.4, -0.2) is 43.2 Å². The van der Waals surface area contributed by atoms with Crippen LogP contribution in [0.15, 0.2) is 47.6 Å². The van der Waals surface area contributed by atoms with E-state index in [2.05, 4.69) is 15.9 Å². The first-order valence-corrected chi connectivity index (χ1v) is 13.5. The number of hydrogen-bond acceptors (Lipinski definition) is 8. The third-order valence-electron chi connectivity index (χ3n) is 5.54. The van der Waals surface area contributed by atoms with E-state index in [1.807, 2.05) is 0 Å². The van der Waals surface area contributed by atoms with E-state index in [0.29, 0.717) is 5.69 Å². The standard InChI is InChI=1S/C25H29BrN2O8S/c1-14-8-10-17(11-9-14)37(32,33)36-20-15(2)23(30)34-21-18(20)22(29)28(16(3)19(21)26)13-12-27(7)24(31)35-25(4,5)6/h8-11H,12-13H2,1-7H3. The van der Waals surface area contributed by atoms with Crippen LogP contribution >= 0.6 is 15.9 Å². The van der Waals surface area contributed by atoms with Crippen molar-refractivity contribution in [2.24, 2.45) is 0 Å². The first-order chi connectivity index (χ1) is 17.0. The fourth-order valence-electron chi connectivity index (χ4n) is 3.44. The molecule has 0 N–H and O–H groups in total. The first kappa shape index (κ1) is 28.5. The number of rotatable bonds is 6. The number of benzene rings is 1. The van der Waals surface area contributed by atoms with Gasteiger partial charge in [-0.05, 0) is 69.6 Å². The minimum Gasteiger partial charge on any atom is -0.444 e. The fraction of sp³-hybridized carbons (Fsp3) is 0.400. The highest BCUT2D eigenvalue weighted by Gasteiger charge is 2.27. The summed E-state index contributed by atoms with van der Waals surface area (Å²) in [6, 6.07) is 5.96. The van der Waals surface area contributed by atoms with Crippen LogP contribution in [-0.2, 0) is 21.4 Å². The maximum absolute atomic E-state index is 13.6. The number of carbonyl (C=O) groups is 1. The molecule has 0 bridgehead atoms. The first-order valence-electron chi connectivity index (χ1n) is 11.3. The number of ether oxygens (including phenoxy) is 1. The third kappa shape index (κ3) is 6.07. The summed E-state index contributed by atoms with van der Waals surface area (Å²) in [7, 11) is -2.84. The Kier molecular flexibility index (Phi) is 7.94. The van der Waals surface area contributed by atoms with Crippen molar-refractivity contribution < 1.29 is 26.5 Å². The molecule has 3 rings (SSSR count). The number of pyridine rings is 1. The second-order valence-corrected chi connectivity index (χ2v) is 12.0. The number of nitrogens with zero attached hydrogens (tertiary/aromatic N) is 2. The molecule has 3 aromatic rings. The van der Waals surface area contributed by atoms with E-state index in [1.54, 1.807) is 46.8 Å². The van der Waals surface area contributed by atoms with Gasteiger partial charge in [-0.2, -0.15) is 8.42 Å². The predicted octanol–water partition coefficient (Wildman–Crippen LogP) is 4.28. The number of fused-ring (bicyclic) bond motifs is 1. The molecule has 37 heavy (non-hydrogen) atoms. The van der Waals surface area contributed by atoms with Crippen LogP contribution in [0.4, 0.5) is 4.79 Å². The number of halogens is 1. The SMILES string of the molecule is Cc1ccc(S(=O)(=O)Oc2c(C)c(=O)oc3c(Br)c(C)n(CCN(C)C(=O)OC(C)(C)C)c(=O)c23)cc1. The Bertz CT molecular complexity index is 1580. The minimum atomic E-state index is -4.38. The minimum absolute atomic E-state index is 0.0529. The molecule has 1 amide bonds. The zero-order chi connectivity index (χ0) is 27.9. The molecular weight excluding hydrogens is 568 g/mol. The molecule has 0 saturated carbocycles. The molecule has 2 aromatic heterocycles. The van der Waals surface area contributed by atoms with Gasteiger partial charge in [-0.3, -0.25) is 4.79 Å². The van der Waals surface area contributed by atoms with Gasteiger partial charge in [-0.25, -0.2) is 9.59 Å². The quantitative estimate of drug-likeness (QED) is 0.386. The van der Waals surface area contributed by atoms with E-state index in [9.17, 15) is 22.8 Å². The zero-order valence-corrected chi connectivity index (χ0v) is 24.1. The molecule has 0 unspecified atom stereocenters. The van der Waals surface area contributed by atoms with Crippen molar-refractivity contribution in [1.29, 1.82) is 0 Å². The third-order valence-corrected chi connectivity index (χ3v) is 7.71. The van der Waals surface area contributed by atoms with Gasteiger partial charge >= 0.3 is 21.8 Å². The topological polar surface area (TPSA) is 125 Å². The van der Waals surface area contributed by atoms with E-state index in [-0.39, 0.29) is 39.0 Å². The lowest BCUT2D eigenvalue weighted by molar-refractivity contribution is 0.0293. The number of hydrogen-bond donors (Lipinski definition) is 0. The van der Waals surface area contributed by atoms with Crippen molar-refractivity contribution in [3.63, 3.8) is 0 Å². The summed E-state index contributed by atoms with van der Waals surface area (Å²) in [5.74, 6) is -0.410. The van der Waals surface area contributed by atoms with Crippen LogP contribution in [0.25, 0.3) is 11.0 Å². The lowest BCUT2D eigenvalue weighted by Gasteiger charge is -2.25. The maximum Gasteiger partial charge on any atom is 0.410 e. The van der Waals surface area contributed by atoms with Crippen LogP contribution in [0.3, 0.4) is 0 Å². The second kappa shape index (κ2) is 10.3. The molecule has 0 saturated heterocycles. The van der Waals surface area contributed by atoms with Crippen LogP contribution < -0.4 is 15.4 Å². The molecule has 12 heteroatoms. The van der Waals surface area contributed by atoms with E-state index >= 15 is 0 Å². The van der Waals surface area contributed by atoms with Gasteiger partial charge in [0.1, 0.15) is 15.9 Å². The molecule has 0 radical (unpaired) electrons. The van der Waals surface area contributed by atoms with Crippen molar-refractivity contribution in [3.05, 3.63) is 66.3 Å². The summed E-state index contributed by atoms with van der Waals surface area (Å²) in [6.07, 6.45) is -0.562. The zero-order valence-electron chi connectivity index (χ0n) is 21.7. The molecule has 0 aliphatic rings. The van der Waals surface area contributed by atoms with Gasteiger partial charge in [0, 0.05) is 25.8 Å². The summed E-state index contributed by atoms with van der Waals surface area (Å²) in [6.45, 7) is 10.2. The van der Waals surface area contributed by atoms with Gasteiger partial charge in [0.2, 0.25) is 0 Å². The van der Waals surface area contributed by atoms with E-state index in [1.165, 1.54) is 35.6 Å². The Hall–Kier alpha value is -3.12. The summed E-state index contributed by atoms with van der Waals surface area (Å²) >= 11 is 3.36. The van der Waals surface area contributed by atoms with Crippen LogP contribution in [0, 0.1) is 20.8 Å². The van der Waals surface area contributed by atoms with E-state index in [0.717, 1.165) is 5.56 Å². The van der Waals surface area contributed by atoms with Crippen molar-refractivity contribution in [1.82, 2.24) is 9.47 Å². The monoisotopic (exact) mass is 596 g/mol. The smallest absolute Gasteiger partial charge is 0.410 e. The van der Waals surface area contributed by atoms with E-state index in [4.69, 9.17) is 13.3 Å². The Labute approximate surface area is 223 Å². The highest BCUT2D eigenvalue weighted by molar-refractivity contribution is 9.10. The summed E-state index contributed by atoms with van der Waals surface area (Å²) < 4.78 is 43.8. The fourth-order valence-corrected chi connectivity index (χ4v) is 4.93. The molecule has 0 aliphatic heterocycles. The van der Waals surface area contributed by atoms with Gasteiger partial charge in [-0.15, -0.1) is 0 Å². The van der Waals surface area contributed by atoms with E-state index < -0.39 is 38.7 Å². The molecule has 0 spiro atoms. The average molecular weight is 597 g/mol.